The molecule has 0 amide bonds. The third kappa shape index (κ3) is 2.88. The Kier molecular flexibility index (Phi) is 4.18. The summed E-state index contributed by atoms with van der Waals surface area (Å²) in [4.78, 5) is 11.9. The summed E-state index contributed by atoms with van der Waals surface area (Å²) in [5.41, 5.74) is 6.85. The number of nitrogens with zero attached hydrogens (tertiary/aromatic N) is 4. The van der Waals surface area contributed by atoms with Gasteiger partial charge in [-0.2, -0.15) is 0 Å². The Labute approximate surface area is 227 Å². The monoisotopic (exact) mass is 516 g/mol. The molecule has 0 bridgehead atoms. The first-order chi connectivity index (χ1) is 19.3. The molecule has 9 aromatic rings. The molecule has 0 saturated carbocycles. The number of rotatable bonds is 2. The average molecular weight is 517 g/mol. The van der Waals surface area contributed by atoms with Gasteiger partial charge in [-0.15, -0.1) is 0 Å². The van der Waals surface area contributed by atoms with E-state index in [9.17, 15) is 0 Å². The van der Waals surface area contributed by atoms with Gasteiger partial charge in [0.1, 0.15) is 9.66 Å². The Morgan fingerprint density at radius 3 is 1.10 bits per heavy atom. The number of thiophene rings is 1. The summed E-state index contributed by atoms with van der Waals surface area (Å²) >= 11 is 1.65. The molecule has 0 aliphatic carbocycles. The molecule has 4 nitrogen and oxygen atoms in total. The van der Waals surface area contributed by atoms with Crippen LogP contribution in [0.15, 0.2) is 122 Å². The largest absolute Gasteiger partial charge is 0.308 e. The fourth-order valence-corrected chi connectivity index (χ4v) is 7.12. The molecule has 5 heterocycles. The number of hydrogen-bond acceptors (Lipinski definition) is 3. The van der Waals surface area contributed by atoms with Crippen LogP contribution >= 0.6 is 11.3 Å². The van der Waals surface area contributed by atoms with Crippen molar-refractivity contribution in [1.82, 2.24) is 19.1 Å². The summed E-state index contributed by atoms with van der Waals surface area (Å²) in [5.74, 6) is 0. The molecular formula is C34H20N4S. The predicted molar refractivity (Wildman–Crippen MR) is 164 cm³/mol. The summed E-state index contributed by atoms with van der Waals surface area (Å²) in [6, 6.07) is 38.9. The van der Waals surface area contributed by atoms with Gasteiger partial charge in [0.25, 0.3) is 0 Å². The van der Waals surface area contributed by atoms with Crippen molar-refractivity contribution in [2.45, 2.75) is 0 Å². The van der Waals surface area contributed by atoms with Gasteiger partial charge in [0, 0.05) is 32.3 Å². The normalized spacial score (nSPS) is 12.1. The van der Waals surface area contributed by atoms with E-state index < -0.39 is 0 Å². The molecule has 0 aliphatic heterocycles. The van der Waals surface area contributed by atoms with Crippen LogP contribution in [0.1, 0.15) is 0 Å². The number of hydrogen-bond donors (Lipinski definition) is 0. The summed E-state index contributed by atoms with van der Waals surface area (Å²) in [5, 5.41) is 7.25. The highest BCUT2D eigenvalue weighted by Gasteiger charge is 2.16. The van der Waals surface area contributed by atoms with Crippen LogP contribution in [0.2, 0.25) is 0 Å². The van der Waals surface area contributed by atoms with Crippen molar-refractivity contribution < 1.29 is 0 Å². The Bertz CT molecular complexity index is 2130. The van der Waals surface area contributed by atoms with Crippen molar-refractivity contribution in [2.75, 3.05) is 0 Å². The van der Waals surface area contributed by atoms with Gasteiger partial charge >= 0.3 is 0 Å². The van der Waals surface area contributed by atoms with E-state index in [1.807, 2.05) is 12.4 Å². The van der Waals surface area contributed by atoms with E-state index in [2.05, 4.69) is 118 Å². The fraction of sp³-hybridized carbons (Fsp3) is 0. The van der Waals surface area contributed by atoms with Crippen LogP contribution < -0.4 is 0 Å². The van der Waals surface area contributed by atoms with E-state index in [0.717, 1.165) is 31.8 Å². The SMILES string of the molecule is c1ccc2c(c1)c1ccccc1n2-c1cnc2sc3ncc(-n4c5ccccc5c5ccccc54)cc3c2c1. The van der Waals surface area contributed by atoms with Crippen LogP contribution in [0.4, 0.5) is 0 Å². The molecule has 5 aromatic heterocycles. The maximum Gasteiger partial charge on any atom is 0.126 e. The minimum atomic E-state index is 1.00. The molecule has 0 N–H and O–H groups in total. The van der Waals surface area contributed by atoms with Gasteiger partial charge < -0.3 is 9.13 Å². The number of pyridine rings is 2. The number of aromatic nitrogens is 4. The van der Waals surface area contributed by atoms with Gasteiger partial charge in [-0.25, -0.2) is 9.97 Å². The first kappa shape index (κ1) is 21.0. The zero-order valence-corrected chi connectivity index (χ0v) is 21.6. The van der Waals surface area contributed by atoms with E-state index in [1.54, 1.807) is 11.3 Å². The van der Waals surface area contributed by atoms with Crippen molar-refractivity contribution in [3.8, 4) is 11.4 Å². The fourth-order valence-electron chi connectivity index (χ4n) is 6.17. The molecular weight excluding hydrogens is 496 g/mol. The molecule has 0 saturated heterocycles. The molecule has 182 valence electrons. The number of fused-ring (bicyclic) bond motifs is 9. The molecule has 39 heavy (non-hydrogen) atoms. The topological polar surface area (TPSA) is 35.6 Å². The van der Waals surface area contributed by atoms with Gasteiger partial charge in [-0.3, -0.25) is 0 Å². The van der Waals surface area contributed by atoms with Crippen molar-refractivity contribution in [3.05, 3.63) is 122 Å². The molecule has 0 fully saturated rings. The van der Waals surface area contributed by atoms with Gasteiger partial charge in [0.2, 0.25) is 0 Å². The van der Waals surface area contributed by atoms with Crippen LogP contribution in [0, 0.1) is 0 Å². The van der Waals surface area contributed by atoms with Crippen molar-refractivity contribution in [3.63, 3.8) is 0 Å². The van der Waals surface area contributed by atoms with E-state index in [1.165, 1.54) is 43.6 Å². The highest BCUT2D eigenvalue weighted by molar-refractivity contribution is 7.25. The highest BCUT2D eigenvalue weighted by Crippen LogP contribution is 2.38. The lowest BCUT2D eigenvalue weighted by molar-refractivity contribution is 1.16. The lowest BCUT2D eigenvalue weighted by atomic mass is 10.2. The summed E-state index contributed by atoms with van der Waals surface area (Å²) in [7, 11) is 0. The van der Waals surface area contributed by atoms with Crippen LogP contribution in [0.25, 0.3) is 75.4 Å². The van der Waals surface area contributed by atoms with E-state index in [0.29, 0.717) is 0 Å². The van der Waals surface area contributed by atoms with E-state index in [-0.39, 0.29) is 0 Å². The summed E-state index contributed by atoms with van der Waals surface area (Å²) < 4.78 is 4.65. The molecule has 0 unspecified atom stereocenters. The zero-order valence-electron chi connectivity index (χ0n) is 20.7. The molecule has 0 aliphatic rings. The minimum absolute atomic E-state index is 1.00. The summed E-state index contributed by atoms with van der Waals surface area (Å²) in [6.45, 7) is 0. The molecule has 9 rings (SSSR count). The predicted octanol–water partition coefficient (Wildman–Crippen LogP) is 9.04. The van der Waals surface area contributed by atoms with E-state index in [4.69, 9.17) is 9.97 Å². The van der Waals surface area contributed by atoms with Crippen LogP contribution in [-0.4, -0.2) is 19.1 Å². The Hall–Kier alpha value is -5.00. The third-order valence-corrected chi connectivity index (χ3v) is 8.87. The molecule has 0 radical (unpaired) electrons. The zero-order chi connectivity index (χ0) is 25.5. The second-order valence-electron chi connectivity index (χ2n) is 9.93. The second kappa shape index (κ2) is 7.76. The Morgan fingerprint density at radius 1 is 0.410 bits per heavy atom. The first-order valence-corrected chi connectivity index (χ1v) is 13.8. The minimum Gasteiger partial charge on any atom is -0.308 e. The van der Waals surface area contributed by atoms with Crippen LogP contribution in [0.5, 0.6) is 0 Å². The molecule has 5 heteroatoms. The number of benzene rings is 4. The van der Waals surface area contributed by atoms with Gasteiger partial charge in [0.15, 0.2) is 0 Å². The van der Waals surface area contributed by atoms with Gasteiger partial charge in [0.05, 0.1) is 45.8 Å². The summed E-state index contributed by atoms with van der Waals surface area (Å²) in [6.07, 6.45) is 3.98. The Balaban J connectivity index is 1.32. The maximum absolute atomic E-state index is 4.93. The third-order valence-electron chi connectivity index (χ3n) is 7.83. The maximum atomic E-state index is 4.93. The van der Waals surface area contributed by atoms with Gasteiger partial charge in [-0.05, 0) is 36.4 Å². The van der Waals surface area contributed by atoms with Crippen LogP contribution in [-0.2, 0) is 0 Å². The standard InChI is InChI=1S/C34H20N4S/c1-5-13-29-23(9-1)24-10-2-6-14-30(24)37(29)21-17-27-28-18-22(20-36-34(28)39-33(27)35-19-21)38-31-15-7-3-11-25(31)26-12-4-8-16-32(26)38/h1-20H. The second-order valence-corrected chi connectivity index (χ2v) is 10.9. The van der Waals surface area contributed by atoms with Crippen molar-refractivity contribution in [2.24, 2.45) is 0 Å². The lowest BCUT2D eigenvalue weighted by Crippen LogP contribution is -1.95. The molecule has 4 aromatic carbocycles. The van der Waals surface area contributed by atoms with E-state index >= 15 is 0 Å². The average Bonchev–Trinajstić information content (AvgIpc) is 3.64. The smallest absolute Gasteiger partial charge is 0.126 e. The van der Waals surface area contributed by atoms with Gasteiger partial charge in [-0.1, -0.05) is 84.1 Å². The van der Waals surface area contributed by atoms with Crippen molar-refractivity contribution in [1.29, 1.82) is 0 Å². The van der Waals surface area contributed by atoms with Crippen LogP contribution in [0.3, 0.4) is 0 Å². The first-order valence-electron chi connectivity index (χ1n) is 13.0. The Morgan fingerprint density at radius 2 is 0.744 bits per heavy atom. The lowest BCUT2D eigenvalue weighted by Gasteiger charge is -2.09. The molecule has 0 spiro atoms. The number of para-hydroxylation sites is 4. The highest BCUT2D eigenvalue weighted by atomic mass is 32.1. The quantitative estimate of drug-likeness (QED) is 0.230. The molecule has 0 atom stereocenters. The van der Waals surface area contributed by atoms with Crippen molar-refractivity contribution >= 4 is 75.4 Å².